The van der Waals surface area contributed by atoms with Crippen molar-refractivity contribution in [3.8, 4) is 0 Å². The lowest BCUT2D eigenvalue weighted by Gasteiger charge is -2.41. The molecule has 8 heteroatoms. The number of rotatable bonds is 5. The Bertz CT molecular complexity index is 853. The molecule has 0 aromatic heterocycles. The molecule has 156 valence electrons. The Morgan fingerprint density at radius 1 is 1.32 bits per heavy atom. The molecular weight excluding hydrogens is 404 g/mol. The first-order valence-electron chi connectivity index (χ1n) is 9.39. The number of hydrogen-bond donors (Lipinski definition) is 0. The first-order chi connectivity index (χ1) is 12.9. The maximum absolute atomic E-state index is 11.8. The third-order valence-electron chi connectivity index (χ3n) is 5.60. The van der Waals surface area contributed by atoms with Crippen LogP contribution in [0.4, 0.5) is 0 Å². The second-order valence-electron chi connectivity index (χ2n) is 8.83. The quantitative estimate of drug-likeness (QED) is 0.714. The summed E-state index contributed by atoms with van der Waals surface area (Å²) >= 11 is 6.09. The van der Waals surface area contributed by atoms with Gasteiger partial charge in [0.25, 0.3) is 0 Å². The van der Waals surface area contributed by atoms with Gasteiger partial charge in [-0.2, -0.15) is 0 Å². The van der Waals surface area contributed by atoms with Crippen LogP contribution in [0.5, 0.6) is 0 Å². The SMILES string of the molecule is CC1(C)COC2(CC[C@H](CC(C(=O)[O-])c3ccc(S(C)(=O)=O)c(Cl)c3)C2)OC1. The van der Waals surface area contributed by atoms with Gasteiger partial charge in [-0.15, -0.1) is 0 Å². The summed E-state index contributed by atoms with van der Waals surface area (Å²) in [4.78, 5) is 11.8. The average Bonchev–Trinajstić information content (AvgIpc) is 2.97. The van der Waals surface area contributed by atoms with E-state index < -0.39 is 27.5 Å². The number of sulfone groups is 1. The van der Waals surface area contributed by atoms with E-state index in [0.717, 1.165) is 19.1 Å². The normalized spacial score (nSPS) is 24.9. The molecule has 0 amide bonds. The van der Waals surface area contributed by atoms with Crippen LogP contribution in [0.25, 0.3) is 0 Å². The van der Waals surface area contributed by atoms with Gasteiger partial charge in [-0.05, 0) is 36.5 Å². The molecule has 1 aromatic rings. The highest BCUT2D eigenvalue weighted by Gasteiger charge is 2.46. The van der Waals surface area contributed by atoms with Crippen molar-refractivity contribution in [3.63, 3.8) is 0 Å². The fourth-order valence-corrected chi connectivity index (χ4v) is 5.34. The summed E-state index contributed by atoms with van der Waals surface area (Å²) in [6.07, 6.45) is 3.62. The van der Waals surface area contributed by atoms with E-state index in [-0.39, 0.29) is 21.3 Å². The Labute approximate surface area is 171 Å². The van der Waals surface area contributed by atoms with Crippen LogP contribution in [0, 0.1) is 11.3 Å². The molecule has 28 heavy (non-hydrogen) atoms. The van der Waals surface area contributed by atoms with Crippen molar-refractivity contribution < 1.29 is 27.8 Å². The number of halogens is 1. The topological polar surface area (TPSA) is 92.7 Å². The number of ether oxygens (including phenoxy) is 2. The summed E-state index contributed by atoms with van der Waals surface area (Å²) in [7, 11) is -3.47. The summed E-state index contributed by atoms with van der Waals surface area (Å²) in [5.74, 6) is -2.58. The number of aliphatic carboxylic acids is 1. The van der Waals surface area contributed by atoms with Crippen molar-refractivity contribution in [3.05, 3.63) is 28.8 Å². The minimum atomic E-state index is -3.47. The Balaban J connectivity index is 1.73. The highest BCUT2D eigenvalue weighted by molar-refractivity contribution is 7.90. The largest absolute Gasteiger partial charge is 0.549 e. The van der Waals surface area contributed by atoms with E-state index in [1.54, 1.807) is 0 Å². The number of benzene rings is 1. The Kier molecular flexibility index (Phi) is 5.85. The average molecular weight is 430 g/mol. The molecule has 0 radical (unpaired) electrons. The van der Waals surface area contributed by atoms with Gasteiger partial charge in [0.05, 0.1) is 23.1 Å². The first kappa shape index (κ1) is 21.6. The molecule has 0 N–H and O–H groups in total. The van der Waals surface area contributed by atoms with Gasteiger partial charge in [-0.3, -0.25) is 0 Å². The van der Waals surface area contributed by atoms with Gasteiger partial charge < -0.3 is 19.4 Å². The van der Waals surface area contributed by atoms with E-state index in [2.05, 4.69) is 13.8 Å². The summed E-state index contributed by atoms with van der Waals surface area (Å²) in [5.41, 5.74) is 0.430. The van der Waals surface area contributed by atoms with E-state index in [1.807, 2.05) is 0 Å². The molecular formula is C20H26ClO6S-. The standard InChI is InChI=1S/C20H27ClO6S/c1-19(2)11-26-20(27-12-19)7-6-13(10-20)8-15(18(22)23)14-4-5-17(16(21)9-14)28(3,24)25/h4-5,9,13,15H,6-8,10-12H2,1-3H3,(H,22,23)/p-1/t13-,15?/m1/s1. The van der Waals surface area contributed by atoms with Gasteiger partial charge in [0.1, 0.15) is 0 Å². The third-order valence-corrected chi connectivity index (χ3v) is 7.18. The van der Waals surface area contributed by atoms with Gasteiger partial charge in [-0.25, -0.2) is 8.42 Å². The fourth-order valence-electron chi connectivity index (χ4n) is 4.00. The van der Waals surface area contributed by atoms with Crippen LogP contribution in [-0.2, 0) is 24.1 Å². The molecule has 1 aliphatic carbocycles. The van der Waals surface area contributed by atoms with Crippen LogP contribution in [0.3, 0.4) is 0 Å². The molecule has 2 fully saturated rings. The summed E-state index contributed by atoms with van der Waals surface area (Å²) in [5, 5.41) is 11.8. The lowest BCUT2D eigenvalue weighted by Crippen LogP contribution is -2.46. The predicted octanol–water partition coefficient (Wildman–Crippen LogP) is 2.54. The summed E-state index contributed by atoms with van der Waals surface area (Å²) in [6, 6.07) is 4.28. The zero-order valence-electron chi connectivity index (χ0n) is 16.4. The minimum absolute atomic E-state index is 0.0125. The predicted molar refractivity (Wildman–Crippen MR) is 103 cm³/mol. The smallest absolute Gasteiger partial charge is 0.176 e. The van der Waals surface area contributed by atoms with E-state index in [1.165, 1.54) is 18.2 Å². The molecule has 2 atom stereocenters. The van der Waals surface area contributed by atoms with E-state index in [0.29, 0.717) is 31.6 Å². The fraction of sp³-hybridized carbons (Fsp3) is 0.650. The van der Waals surface area contributed by atoms with Crippen molar-refractivity contribution in [2.24, 2.45) is 11.3 Å². The maximum Gasteiger partial charge on any atom is 0.176 e. The zero-order chi connectivity index (χ0) is 20.7. The molecule has 1 aromatic carbocycles. The minimum Gasteiger partial charge on any atom is -0.549 e. The zero-order valence-corrected chi connectivity index (χ0v) is 17.9. The second-order valence-corrected chi connectivity index (χ2v) is 11.2. The Morgan fingerprint density at radius 2 is 1.96 bits per heavy atom. The number of carbonyl (C=O) groups is 1. The van der Waals surface area contributed by atoms with E-state index in [9.17, 15) is 18.3 Å². The number of carboxylic acids is 1. The molecule has 1 saturated heterocycles. The molecule has 6 nitrogen and oxygen atoms in total. The Morgan fingerprint density at radius 3 is 2.50 bits per heavy atom. The van der Waals surface area contributed by atoms with Crippen molar-refractivity contribution in [2.45, 2.75) is 56.1 Å². The number of hydrogen-bond acceptors (Lipinski definition) is 6. The number of carboxylic acid groups (broad SMARTS) is 1. The number of carbonyl (C=O) groups excluding carboxylic acids is 1. The molecule has 1 aliphatic heterocycles. The first-order valence-corrected chi connectivity index (χ1v) is 11.7. The highest BCUT2D eigenvalue weighted by atomic mass is 35.5. The van der Waals surface area contributed by atoms with Gasteiger partial charge in [0.2, 0.25) is 0 Å². The van der Waals surface area contributed by atoms with E-state index in [4.69, 9.17) is 21.1 Å². The molecule has 3 rings (SSSR count). The molecule has 1 saturated carbocycles. The van der Waals surface area contributed by atoms with Crippen LogP contribution in [0.15, 0.2) is 23.1 Å². The monoisotopic (exact) mass is 429 g/mol. The molecule has 0 bridgehead atoms. The highest BCUT2D eigenvalue weighted by Crippen LogP contribution is 2.46. The van der Waals surface area contributed by atoms with Gasteiger partial charge >= 0.3 is 0 Å². The molecule has 2 aliphatic rings. The van der Waals surface area contributed by atoms with Crippen LogP contribution < -0.4 is 5.11 Å². The second kappa shape index (κ2) is 7.59. The van der Waals surface area contributed by atoms with Gasteiger partial charge in [0.15, 0.2) is 15.6 Å². The van der Waals surface area contributed by atoms with Crippen molar-refractivity contribution in [2.75, 3.05) is 19.5 Å². The molecule has 1 unspecified atom stereocenters. The van der Waals surface area contributed by atoms with Crippen LogP contribution in [0.1, 0.15) is 51.0 Å². The molecule has 1 heterocycles. The third kappa shape index (κ3) is 4.70. The van der Waals surface area contributed by atoms with Gasteiger partial charge in [-0.1, -0.05) is 31.5 Å². The van der Waals surface area contributed by atoms with Crippen molar-refractivity contribution in [1.82, 2.24) is 0 Å². The van der Waals surface area contributed by atoms with Gasteiger partial charge in [0, 0.05) is 36.4 Å². The van der Waals surface area contributed by atoms with Crippen LogP contribution in [-0.4, -0.2) is 39.6 Å². The lowest BCUT2D eigenvalue weighted by molar-refractivity contribution is -0.309. The Hall–Kier alpha value is -1.15. The molecule has 1 spiro atoms. The van der Waals surface area contributed by atoms with E-state index >= 15 is 0 Å². The maximum atomic E-state index is 11.8. The summed E-state index contributed by atoms with van der Waals surface area (Å²) in [6.45, 7) is 5.41. The van der Waals surface area contributed by atoms with Crippen LogP contribution in [0.2, 0.25) is 5.02 Å². The lowest BCUT2D eigenvalue weighted by atomic mass is 9.87. The summed E-state index contributed by atoms with van der Waals surface area (Å²) < 4.78 is 35.5. The van der Waals surface area contributed by atoms with Crippen LogP contribution >= 0.6 is 11.6 Å². The van der Waals surface area contributed by atoms with Crippen molar-refractivity contribution >= 4 is 27.4 Å². The van der Waals surface area contributed by atoms with Crippen molar-refractivity contribution in [1.29, 1.82) is 0 Å².